The molecule has 1 aliphatic heterocycles. The smallest absolute Gasteiger partial charge is 0.241 e. The summed E-state index contributed by atoms with van der Waals surface area (Å²) in [5, 5.41) is 3.14. The van der Waals surface area contributed by atoms with Crippen molar-refractivity contribution in [2.75, 3.05) is 18.0 Å². The summed E-state index contributed by atoms with van der Waals surface area (Å²) >= 11 is 0. The minimum Gasteiger partial charge on any atom is -0.306 e. The molecule has 0 radical (unpaired) electrons. The first-order chi connectivity index (χ1) is 7.50. The predicted molar refractivity (Wildman–Crippen MR) is 65.6 cm³/mol. The van der Waals surface area contributed by atoms with E-state index in [0.29, 0.717) is 6.54 Å². The molecule has 3 heteroatoms. The van der Waals surface area contributed by atoms with Gasteiger partial charge in [-0.15, -0.1) is 0 Å². The number of rotatable bonds is 1. The van der Waals surface area contributed by atoms with Crippen molar-refractivity contribution in [2.24, 2.45) is 0 Å². The molecule has 1 heterocycles. The number of hydrogen-bond donors (Lipinski definition) is 1. The SMILES string of the molecule is Cc1ccc(N2C(=O)CNCC2(C)C)cc1. The van der Waals surface area contributed by atoms with Crippen LogP contribution in [-0.4, -0.2) is 24.5 Å². The van der Waals surface area contributed by atoms with E-state index < -0.39 is 0 Å². The van der Waals surface area contributed by atoms with E-state index in [4.69, 9.17) is 0 Å². The number of amides is 1. The summed E-state index contributed by atoms with van der Waals surface area (Å²) in [4.78, 5) is 13.9. The number of carbonyl (C=O) groups is 1. The normalized spacial score (nSPS) is 19.9. The van der Waals surface area contributed by atoms with Gasteiger partial charge in [0.05, 0.1) is 12.1 Å². The standard InChI is InChI=1S/C13H18N2O/c1-10-4-6-11(7-5-10)15-12(16)8-14-9-13(15,2)3/h4-7,14H,8-9H2,1-3H3. The molecule has 0 atom stereocenters. The van der Waals surface area contributed by atoms with Gasteiger partial charge in [-0.1, -0.05) is 17.7 Å². The van der Waals surface area contributed by atoms with Crippen LogP contribution in [-0.2, 0) is 4.79 Å². The third-order valence-electron chi connectivity index (χ3n) is 2.98. The highest BCUT2D eigenvalue weighted by atomic mass is 16.2. The zero-order chi connectivity index (χ0) is 11.8. The monoisotopic (exact) mass is 218 g/mol. The van der Waals surface area contributed by atoms with Gasteiger partial charge in [0.1, 0.15) is 0 Å². The van der Waals surface area contributed by atoms with Crippen LogP contribution in [0.5, 0.6) is 0 Å². The number of anilines is 1. The van der Waals surface area contributed by atoms with E-state index in [1.165, 1.54) is 5.56 Å². The molecule has 0 aromatic heterocycles. The fraction of sp³-hybridized carbons (Fsp3) is 0.462. The molecule has 0 unspecified atom stereocenters. The van der Waals surface area contributed by atoms with Gasteiger partial charge in [0.2, 0.25) is 5.91 Å². The van der Waals surface area contributed by atoms with Crippen LogP contribution in [0.15, 0.2) is 24.3 Å². The van der Waals surface area contributed by atoms with Crippen LogP contribution in [0.4, 0.5) is 5.69 Å². The van der Waals surface area contributed by atoms with E-state index in [0.717, 1.165) is 12.2 Å². The second-order valence-corrected chi connectivity index (χ2v) is 4.98. The van der Waals surface area contributed by atoms with Gasteiger partial charge < -0.3 is 10.2 Å². The van der Waals surface area contributed by atoms with Crippen LogP contribution in [0.1, 0.15) is 19.4 Å². The fourth-order valence-corrected chi connectivity index (χ4v) is 2.16. The number of nitrogens with zero attached hydrogens (tertiary/aromatic N) is 1. The Morgan fingerprint density at radius 1 is 1.25 bits per heavy atom. The third-order valence-corrected chi connectivity index (χ3v) is 2.98. The van der Waals surface area contributed by atoms with Crippen molar-refractivity contribution in [3.05, 3.63) is 29.8 Å². The van der Waals surface area contributed by atoms with Gasteiger partial charge in [0.25, 0.3) is 0 Å². The number of piperazine rings is 1. The Bertz CT molecular complexity index is 395. The van der Waals surface area contributed by atoms with Gasteiger partial charge in [-0.25, -0.2) is 0 Å². The summed E-state index contributed by atoms with van der Waals surface area (Å²) in [6.07, 6.45) is 0. The number of aryl methyl sites for hydroxylation is 1. The largest absolute Gasteiger partial charge is 0.306 e. The maximum Gasteiger partial charge on any atom is 0.241 e. The van der Waals surface area contributed by atoms with E-state index in [1.54, 1.807) is 0 Å². The van der Waals surface area contributed by atoms with Crippen molar-refractivity contribution in [1.29, 1.82) is 0 Å². The van der Waals surface area contributed by atoms with E-state index in [2.05, 4.69) is 26.1 Å². The molecular formula is C13H18N2O. The molecule has 1 amide bonds. The first-order valence-corrected chi connectivity index (χ1v) is 5.61. The predicted octanol–water partition coefficient (Wildman–Crippen LogP) is 1.71. The van der Waals surface area contributed by atoms with Crippen LogP contribution in [0.2, 0.25) is 0 Å². The Kier molecular flexibility index (Phi) is 2.72. The Morgan fingerprint density at radius 3 is 2.44 bits per heavy atom. The van der Waals surface area contributed by atoms with Crippen LogP contribution < -0.4 is 10.2 Å². The molecule has 1 fully saturated rings. The van der Waals surface area contributed by atoms with E-state index >= 15 is 0 Å². The van der Waals surface area contributed by atoms with Gasteiger partial charge in [0.15, 0.2) is 0 Å². The lowest BCUT2D eigenvalue weighted by Crippen LogP contribution is -2.61. The van der Waals surface area contributed by atoms with Crippen molar-refractivity contribution in [3.8, 4) is 0 Å². The number of carbonyl (C=O) groups excluding carboxylic acids is 1. The van der Waals surface area contributed by atoms with E-state index in [9.17, 15) is 4.79 Å². The molecule has 1 aromatic rings. The van der Waals surface area contributed by atoms with Crippen molar-refractivity contribution < 1.29 is 4.79 Å². The molecule has 1 N–H and O–H groups in total. The zero-order valence-corrected chi connectivity index (χ0v) is 10.1. The number of hydrogen-bond acceptors (Lipinski definition) is 2. The first kappa shape index (κ1) is 11.1. The Hall–Kier alpha value is -1.35. The van der Waals surface area contributed by atoms with Gasteiger partial charge in [-0.05, 0) is 32.9 Å². The third kappa shape index (κ3) is 1.95. The Balaban J connectivity index is 2.36. The van der Waals surface area contributed by atoms with Crippen LogP contribution in [0, 0.1) is 6.92 Å². The maximum absolute atomic E-state index is 12.0. The lowest BCUT2D eigenvalue weighted by Gasteiger charge is -2.42. The highest BCUT2D eigenvalue weighted by Crippen LogP contribution is 2.26. The Morgan fingerprint density at radius 2 is 1.88 bits per heavy atom. The summed E-state index contributed by atoms with van der Waals surface area (Å²) in [5.41, 5.74) is 2.04. The zero-order valence-electron chi connectivity index (χ0n) is 10.1. The van der Waals surface area contributed by atoms with Crippen molar-refractivity contribution in [3.63, 3.8) is 0 Å². The molecule has 86 valence electrons. The number of benzene rings is 1. The molecular weight excluding hydrogens is 200 g/mol. The van der Waals surface area contributed by atoms with Gasteiger partial charge in [-0.2, -0.15) is 0 Å². The lowest BCUT2D eigenvalue weighted by molar-refractivity contribution is -0.120. The molecule has 0 spiro atoms. The molecule has 0 saturated carbocycles. The first-order valence-electron chi connectivity index (χ1n) is 5.61. The molecule has 16 heavy (non-hydrogen) atoms. The van der Waals surface area contributed by atoms with Crippen LogP contribution >= 0.6 is 0 Å². The minimum absolute atomic E-state index is 0.139. The second kappa shape index (κ2) is 3.91. The molecule has 0 bridgehead atoms. The average molecular weight is 218 g/mol. The summed E-state index contributed by atoms with van der Waals surface area (Å²) in [6.45, 7) is 7.46. The second-order valence-electron chi connectivity index (χ2n) is 4.98. The van der Waals surface area contributed by atoms with E-state index in [1.807, 2.05) is 29.2 Å². The van der Waals surface area contributed by atoms with Crippen molar-refractivity contribution in [1.82, 2.24) is 5.32 Å². The van der Waals surface area contributed by atoms with Crippen LogP contribution in [0.3, 0.4) is 0 Å². The molecule has 1 aromatic carbocycles. The maximum atomic E-state index is 12.0. The minimum atomic E-state index is -0.162. The molecule has 3 nitrogen and oxygen atoms in total. The van der Waals surface area contributed by atoms with Crippen molar-refractivity contribution in [2.45, 2.75) is 26.3 Å². The lowest BCUT2D eigenvalue weighted by atomic mass is 9.98. The highest BCUT2D eigenvalue weighted by molar-refractivity contribution is 5.97. The van der Waals surface area contributed by atoms with Gasteiger partial charge >= 0.3 is 0 Å². The Labute approximate surface area is 96.5 Å². The number of nitrogens with one attached hydrogen (secondary N) is 1. The summed E-state index contributed by atoms with van der Waals surface area (Å²) in [5.74, 6) is 0.139. The summed E-state index contributed by atoms with van der Waals surface area (Å²) in [6, 6.07) is 8.11. The molecule has 2 rings (SSSR count). The molecule has 1 saturated heterocycles. The van der Waals surface area contributed by atoms with Crippen molar-refractivity contribution >= 4 is 11.6 Å². The summed E-state index contributed by atoms with van der Waals surface area (Å²) < 4.78 is 0. The van der Waals surface area contributed by atoms with E-state index in [-0.39, 0.29) is 11.4 Å². The van der Waals surface area contributed by atoms with Gasteiger partial charge in [0, 0.05) is 12.2 Å². The highest BCUT2D eigenvalue weighted by Gasteiger charge is 2.35. The fourth-order valence-electron chi connectivity index (χ4n) is 2.16. The quantitative estimate of drug-likeness (QED) is 0.778. The summed E-state index contributed by atoms with van der Waals surface area (Å²) in [7, 11) is 0. The average Bonchev–Trinajstić information content (AvgIpc) is 2.19. The van der Waals surface area contributed by atoms with Crippen LogP contribution in [0.25, 0.3) is 0 Å². The molecule has 0 aliphatic carbocycles. The molecule has 1 aliphatic rings. The van der Waals surface area contributed by atoms with Gasteiger partial charge in [-0.3, -0.25) is 4.79 Å². The topological polar surface area (TPSA) is 32.3 Å².